The summed E-state index contributed by atoms with van der Waals surface area (Å²) in [6.45, 7) is 2.83. The van der Waals surface area contributed by atoms with E-state index in [9.17, 15) is 18.3 Å². The van der Waals surface area contributed by atoms with Crippen LogP contribution >= 0.6 is 0 Å². The van der Waals surface area contributed by atoms with Crippen LogP contribution in [0.5, 0.6) is 0 Å². The van der Waals surface area contributed by atoms with Crippen molar-refractivity contribution in [3.8, 4) is 0 Å². The van der Waals surface area contributed by atoms with Crippen LogP contribution < -0.4 is 10.4 Å². The number of anilines is 1. The maximum absolute atomic E-state index is 13.7. The molecule has 0 aliphatic carbocycles. The smallest absolute Gasteiger partial charge is 0.225 e. The topological polar surface area (TPSA) is 110 Å². The lowest BCUT2D eigenvalue weighted by Gasteiger charge is -2.35. The van der Waals surface area contributed by atoms with Crippen LogP contribution in [0.25, 0.3) is 0 Å². The number of nitrogens with one attached hydrogen (secondary N) is 1. The first-order chi connectivity index (χ1) is 15.9. The molecule has 1 unspecified atom stereocenters. The standard InChI is InChI=1S/C20H24F3N7O3/c21-14-7-13(8-15(22)9-14)17-1-2-25-30(17)12-33-11-28-3-5-29(6-4-28)20-24-10-16(23)18(26-20)19(31)27-32/h2,7-10,17,19,27,31-32H,1,3-6,11-12H2/t17-,19?/m0/s1. The number of benzene rings is 1. The first-order valence-corrected chi connectivity index (χ1v) is 10.3. The molecular weight excluding hydrogens is 443 g/mol. The van der Waals surface area contributed by atoms with Gasteiger partial charge in [-0.25, -0.2) is 23.1 Å². The number of nitrogens with zero attached hydrogens (tertiary/aromatic N) is 6. The van der Waals surface area contributed by atoms with Crippen LogP contribution in [0.15, 0.2) is 29.5 Å². The molecule has 3 heterocycles. The van der Waals surface area contributed by atoms with Crippen molar-refractivity contribution in [1.29, 1.82) is 0 Å². The van der Waals surface area contributed by atoms with Crippen LogP contribution in [0.2, 0.25) is 0 Å². The fourth-order valence-corrected chi connectivity index (χ4v) is 3.77. The normalized spacial score (nSPS) is 20.0. The molecule has 0 spiro atoms. The minimum Gasteiger partial charge on any atom is -0.371 e. The third kappa shape index (κ3) is 5.57. The number of rotatable bonds is 8. The van der Waals surface area contributed by atoms with Crippen molar-refractivity contribution in [2.24, 2.45) is 5.10 Å². The number of piperazine rings is 1. The Morgan fingerprint density at radius 3 is 2.52 bits per heavy atom. The quantitative estimate of drug-likeness (QED) is 0.392. The fraction of sp³-hybridized carbons (Fsp3) is 0.450. The second-order valence-electron chi connectivity index (χ2n) is 7.69. The molecule has 10 nitrogen and oxygen atoms in total. The van der Waals surface area contributed by atoms with Crippen molar-refractivity contribution >= 4 is 12.2 Å². The van der Waals surface area contributed by atoms with E-state index in [0.29, 0.717) is 44.9 Å². The van der Waals surface area contributed by atoms with Crippen LogP contribution in [0.3, 0.4) is 0 Å². The number of hydrogen-bond donors (Lipinski definition) is 3. The van der Waals surface area contributed by atoms with E-state index in [-0.39, 0.29) is 24.4 Å². The van der Waals surface area contributed by atoms with Gasteiger partial charge in [0.05, 0.1) is 12.2 Å². The number of hydrogen-bond acceptors (Lipinski definition) is 10. The van der Waals surface area contributed by atoms with Gasteiger partial charge in [0.25, 0.3) is 0 Å². The number of hydroxylamine groups is 1. The summed E-state index contributed by atoms with van der Waals surface area (Å²) < 4.78 is 46.6. The van der Waals surface area contributed by atoms with E-state index in [2.05, 4.69) is 20.0 Å². The van der Waals surface area contributed by atoms with Gasteiger partial charge >= 0.3 is 0 Å². The summed E-state index contributed by atoms with van der Waals surface area (Å²) in [5.41, 5.74) is 1.72. The average Bonchev–Trinajstić information content (AvgIpc) is 3.27. The average molecular weight is 467 g/mol. The second kappa shape index (κ2) is 10.4. The molecule has 0 bridgehead atoms. The highest BCUT2D eigenvalue weighted by molar-refractivity contribution is 5.60. The molecule has 2 aliphatic rings. The molecule has 0 radical (unpaired) electrons. The summed E-state index contributed by atoms with van der Waals surface area (Å²) in [6, 6.07) is 3.14. The molecule has 2 atom stereocenters. The third-order valence-corrected chi connectivity index (χ3v) is 5.48. The Morgan fingerprint density at radius 2 is 1.82 bits per heavy atom. The van der Waals surface area contributed by atoms with Crippen molar-refractivity contribution in [2.45, 2.75) is 18.7 Å². The second-order valence-corrected chi connectivity index (χ2v) is 7.69. The summed E-state index contributed by atoms with van der Waals surface area (Å²) >= 11 is 0. The summed E-state index contributed by atoms with van der Waals surface area (Å²) in [5.74, 6) is -1.84. The predicted molar refractivity (Wildman–Crippen MR) is 111 cm³/mol. The number of aromatic nitrogens is 2. The zero-order valence-corrected chi connectivity index (χ0v) is 17.6. The fourth-order valence-electron chi connectivity index (χ4n) is 3.77. The van der Waals surface area contributed by atoms with Gasteiger partial charge in [-0.15, -0.1) is 0 Å². The molecule has 1 aromatic carbocycles. The van der Waals surface area contributed by atoms with E-state index in [0.717, 1.165) is 12.3 Å². The van der Waals surface area contributed by atoms with E-state index >= 15 is 0 Å². The molecule has 13 heteroatoms. The Morgan fingerprint density at radius 1 is 1.09 bits per heavy atom. The first kappa shape index (κ1) is 23.3. The molecular formula is C20H24F3N7O3. The maximum atomic E-state index is 13.7. The Balaban J connectivity index is 1.26. The van der Waals surface area contributed by atoms with Crippen LogP contribution in [-0.4, -0.2) is 76.0 Å². The first-order valence-electron chi connectivity index (χ1n) is 10.3. The molecule has 0 saturated carbocycles. The van der Waals surface area contributed by atoms with E-state index < -0.39 is 23.7 Å². The summed E-state index contributed by atoms with van der Waals surface area (Å²) in [5, 5.41) is 24.3. The van der Waals surface area contributed by atoms with Gasteiger partial charge in [-0.2, -0.15) is 10.6 Å². The number of ether oxygens (including phenoxy) is 1. The van der Waals surface area contributed by atoms with Crippen LogP contribution in [0.4, 0.5) is 19.1 Å². The summed E-state index contributed by atoms with van der Waals surface area (Å²) in [4.78, 5) is 11.9. The van der Waals surface area contributed by atoms with E-state index in [4.69, 9.17) is 9.94 Å². The van der Waals surface area contributed by atoms with Gasteiger partial charge in [0.15, 0.2) is 12.0 Å². The van der Waals surface area contributed by atoms with Crippen LogP contribution in [0, 0.1) is 17.5 Å². The van der Waals surface area contributed by atoms with E-state index in [1.54, 1.807) is 16.7 Å². The molecule has 1 fully saturated rings. The zero-order chi connectivity index (χ0) is 23.4. The largest absolute Gasteiger partial charge is 0.371 e. The molecule has 1 aromatic heterocycles. The highest BCUT2D eigenvalue weighted by Gasteiger charge is 2.25. The van der Waals surface area contributed by atoms with E-state index in [1.165, 1.54) is 12.1 Å². The Hall–Kier alpha value is -2.84. The molecule has 178 valence electrons. The molecule has 4 rings (SSSR count). The number of hydrazone groups is 1. The minimum absolute atomic E-state index is 0.163. The molecule has 2 aromatic rings. The van der Waals surface area contributed by atoms with Gasteiger partial charge in [0.1, 0.15) is 30.8 Å². The molecule has 3 N–H and O–H groups in total. The lowest BCUT2D eigenvalue weighted by molar-refractivity contribution is -0.0411. The third-order valence-electron chi connectivity index (χ3n) is 5.48. The van der Waals surface area contributed by atoms with Gasteiger partial charge in [-0.1, -0.05) is 0 Å². The van der Waals surface area contributed by atoms with Crippen LogP contribution in [-0.2, 0) is 4.74 Å². The van der Waals surface area contributed by atoms with Gasteiger partial charge in [0.2, 0.25) is 5.95 Å². The van der Waals surface area contributed by atoms with Crippen molar-refractivity contribution in [2.75, 3.05) is 44.5 Å². The lowest BCUT2D eigenvalue weighted by atomic mass is 10.0. The van der Waals surface area contributed by atoms with E-state index in [1.807, 2.05) is 4.90 Å². The van der Waals surface area contributed by atoms with Crippen molar-refractivity contribution in [3.05, 3.63) is 53.1 Å². The highest BCUT2D eigenvalue weighted by Crippen LogP contribution is 2.29. The van der Waals surface area contributed by atoms with Crippen molar-refractivity contribution in [1.82, 2.24) is 25.4 Å². The van der Waals surface area contributed by atoms with Gasteiger partial charge in [0, 0.05) is 44.9 Å². The number of aliphatic hydroxyl groups is 1. The molecule has 1 saturated heterocycles. The van der Waals surface area contributed by atoms with Crippen molar-refractivity contribution < 1.29 is 28.2 Å². The number of aliphatic hydroxyl groups excluding tert-OH is 1. The van der Waals surface area contributed by atoms with Crippen molar-refractivity contribution in [3.63, 3.8) is 0 Å². The van der Waals surface area contributed by atoms with Gasteiger partial charge in [-0.05, 0) is 17.7 Å². The zero-order valence-electron chi connectivity index (χ0n) is 17.6. The summed E-state index contributed by atoms with van der Waals surface area (Å²) in [6.07, 6.45) is 1.52. The minimum atomic E-state index is -1.65. The van der Waals surface area contributed by atoms with Gasteiger partial charge in [-0.3, -0.25) is 9.91 Å². The highest BCUT2D eigenvalue weighted by atomic mass is 19.1. The monoisotopic (exact) mass is 467 g/mol. The summed E-state index contributed by atoms with van der Waals surface area (Å²) in [7, 11) is 0. The Labute approximate surface area is 187 Å². The van der Waals surface area contributed by atoms with Crippen LogP contribution in [0.1, 0.15) is 29.9 Å². The number of halogens is 3. The molecule has 33 heavy (non-hydrogen) atoms. The predicted octanol–water partition coefficient (Wildman–Crippen LogP) is 1.35. The van der Waals surface area contributed by atoms with Gasteiger partial charge < -0.3 is 20.0 Å². The Bertz CT molecular complexity index is 971. The molecule has 0 amide bonds. The maximum Gasteiger partial charge on any atom is 0.225 e. The SMILES string of the molecule is ONC(O)c1nc(N2CCN(COCN3N=CC[C@H]3c3cc(F)cc(F)c3)CC2)ncc1F. The lowest BCUT2D eigenvalue weighted by Crippen LogP contribution is -2.48. The Kier molecular flexibility index (Phi) is 7.35. The molecule has 2 aliphatic heterocycles.